The summed E-state index contributed by atoms with van der Waals surface area (Å²) in [7, 11) is 0. The van der Waals surface area contributed by atoms with E-state index in [-0.39, 0.29) is 0 Å². The second-order valence-corrected chi connectivity index (χ2v) is 6.18. The Balaban J connectivity index is 1.66. The van der Waals surface area contributed by atoms with Crippen molar-refractivity contribution in [1.82, 2.24) is 10.2 Å². The van der Waals surface area contributed by atoms with Gasteiger partial charge in [-0.2, -0.15) is 0 Å². The monoisotopic (exact) mass is 270 g/mol. The molecule has 0 radical (unpaired) electrons. The maximum atomic E-state index is 6.14. The first kappa shape index (κ1) is 15.2. The van der Waals surface area contributed by atoms with E-state index in [0.29, 0.717) is 24.4 Å². The molecule has 2 heterocycles. The molecule has 2 aliphatic heterocycles. The van der Waals surface area contributed by atoms with E-state index in [4.69, 9.17) is 9.47 Å². The summed E-state index contributed by atoms with van der Waals surface area (Å²) in [5.74, 6) is 0. The van der Waals surface area contributed by atoms with E-state index in [0.717, 1.165) is 39.2 Å². The lowest BCUT2D eigenvalue weighted by Gasteiger charge is -2.33. The van der Waals surface area contributed by atoms with Crippen LogP contribution in [-0.4, -0.2) is 62.0 Å². The van der Waals surface area contributed by atoms with Crippen LogP contribution in [0.4, 0.5) is 0 Å². The summed E-state index contributed by atoms with van der Waals surface area (Å²) in [6, 6.07) is 0.548. The zero-order chi connectivity index (χ0) is 13.7. The van der Waals surface area contributed by atoms with Gasteiger partial charge in [-0.25, -0.2) is 0 Å². The minimum atomic E-state index is 0.412. The van der Waals surface area contributed by atoms with Gasteiger partial charge in [0.25, 0.3) is 0 Å². The van der Waals surface area contributed by atoms with Crippen LogP contribution >= 0.6 is 0 Å². The maximum absolute atomic E-state index is 6.14. The molecule has 0 aromatic heterocycles. The van der Waals surface area contributed by atoms with Crippen LogP contribution in [0.5, 0.6) is 0 Å². The molecular formula is C15H30N2O2. The molecule has 2 fully saturated rings. The van der Waals surface area contributed by atoms with Gasteiger partial charge in [0.15, 0.2) is 0 Å². The largest absolute Gasteiger partial charge is 0.376 e. The second-order valence-electron chi connectivity index (χ2n) is 6.18. The molecule has 4 nitrogen and oxygen atoms in total. The minimum absolute atomic E-state index is 0.412. The van der Waals surface area contributed by atoms with Gasteiger partial charge in [-0.3, -0.25) is 4.90 Å². The highest BCUT2D eigenvalue weighted by Gasteiger charge is 2.28. The fourth-order valence-corrected chi connectivity index (χ4v) is 2.91. The second kappa shape index (κ2) is 7.58. The first-order valence-corrected chi connectivity index (χ1v) is 7.90. The number of hydrogen-bond donors (Lipinski definition) is 1. The third-order valence-electron chi connectivity index (χ3n) is 4.09. The summed E-state index contributed by atoms with van der Waals surface area (Å²) >= 11 is 0. The van der Waals surface area contributed by atoms with Crippen molar-refractivity contribution in [2.24, 2.45) is 0 Å². The quantitative estimate of drug-likeness (QED) is 0.795. The van der Waals surface area contributed by atoms with Crippen LogP contribution in [0.15, 0.2) is 0 Å². The lowest BCUT2D eigenvalue weighted by Crippen LogP contribution is -2.45. The topological polar surface area (TPSA) is 33.7 Å². The molecule has 19 heavy (non-hydrogen) atoms. The van der Waals surface area contributed by atoms with Crippen molar-refractivity contribution in [3.63, 3.8) is 0 Å². The van der Waals surface area contributed by atoms with E-state index in [1.807, 2.05) is 0 Å². The average molecular weight is 270 g/mol. The highest BCUT2D eigenvalue weighted by atomic mass is 16.5. The van der Waals surface area contributed by atoms with Crippen LogP contribution < -0.4 is 5.32 Å². The Hall–Kier alpha value is -0.160. The van der Waals surface area contributed by atoms with Gasteiger partial charge in [-0.1, -0.05) is 20.8 Å². The first-order chi connectivity index (χ1) is 9.17. The normalized spacial score (nSPS) is 33.2. The summed E-state index contributed by atoms with van der Waals surface area (Å²) in [5.41, 5.74) is 0. The average Bonchev–Trinajstić information content (AvgIpc) is 2.84. The van der Waals surface area contributed by atoms with Gasteiger partial charge in [0.1, 0.15) is 0 Å². The van der Waals surface area contributed by atoms with Gasteiger partial charge in [0, 0.05) is 32.2 Å². The molecule has 0 amide bonds. The number of ether oxygens (including phenoxy) is 2. The Morgan fingerprint density at radius 2 is 2.00 bits per heavy atom. The molecule has 3 unspecified atom stereocenters. The van der Waals surface area contributed by atoms with Crippen molar-refractivity contribution in [2.45, 2.75) is 64.4 Å². The molecule has 2 rings (SSSR count). The van der Waals surface area contributed by atoms with E-state index in [2.05, 4.69) is 31.0 Å². The fraction of sp³-hybridized carbons (Fsp3) is 1.00. The lowest BCUT2D eigenvalue weighted by atomic mass is 10.1. The molecule has 0 aromatic rings. The highest BCUT2D eigenvalue weighted by Crippen LogP contribution is 2.21. The van der Waals surface area contributed by atoms with E-state index in [1.165, 1.54) is 12.8 Å². The number of nitrogens with one attached hydrogen (secondary N) is 1. The van der Waals surface area contributed by atoms with Crippen LogP contribution in [0.3, 0.4) is 0 Å². The maximum Gasteiger partial charge on any atom is 0.0707 e. The lowest BCUT2D eigenvalue weighted by molar-refractivity contribution is -0.0504. The predicted molar refractivity (Wildman–Crippen MR) is 77.5 cm³/mol. The number of nitrogens with zero attached hydrogens (tertiary/aromatic N) is 1. The van der Waals surface area contributed by atoms with E-state index in [1.54, 1.807) is 0 Å². The van der Waals surface area contributed by atoms with Crippen molar-refractivity contribution in [3.05, 3.63) is 0 Å². The van der Waals surface area contributed by atoms with E-state index >= 15 is 0 Å². The fourth-order valence-electron chi connectivity index (χ4n) is 2.91. The van der Waals surface area contributed by atoms with Crippen LogP contribution in [0.1, 0.15) is 40.0 Å². The molecule has 2 saturated heterocycles. The molecule has 0 aliphatic carbocycles. The van der Waals surface area contributed by atoms with Gasteiger partial charge < -0.3 is 14.8 Å². The molecular weight excluding hydrogens is 240 g/mol. The van der Waals surface area contributed by atoms with Crippen molar-refractivity contribution in [3.8, 4) is 0 Å². The predicted octanol–water partition coefficient (Wildman–Crippen LogP) is 1.64. The van der Waals surface area contributed by atoms with Gasteiger partial charge in [-0.05, 0) is 19.3 Å². The van der Waals surface area contributed by atoms with Crippen LogP contribution in [0, 0.1) is 0 Å². The number of hydrogen-bond acceptors (Lipinski definition) is 4. The Bertz CT molecular complexity index is 261. The Labute approximate surface area is 117 Å². The van der Waals surface area contributed by atoms with Gasteiger partial charge >= 0.3 is 0 Å². The van der Waals surface area contributed by atoms with Crippen molar-refractivity contribution in [2.75, 3.05) is 32.8 Å². The SMILES string of the molecule is CCC1CN(CC2CCC(CNC(C)C)O2)CCO1. The number of morpholine rings is 1. The third-order valence-corrected chi connectivity index (χ3v) is 4.09. The van der Waals surface area contributed by atoms with Crippen LogP contribution in [0.2, 0.25) is 0 Å². The van der Waals surface area contributed by atoms with Crippen molar-refractivity contribution >= 4 is 0 Å². The third kappa shape index (κ3) is 5.03. The molecule has 112 valence electrons. The van der Waals surface area contributed by atoms with Crippen LogP contribution in [-0.2, 0) is 9.47 Å². The summed E-state index contributed by atoms with van der Waals surface area (Å²) in [6.07, 6.45) is 4.78. The van der Waals surface area contributed by atoms with Crippen molar-refractivity contribution < 1.29 is 9.47 Å². The van der Waals surface area contributed by atoms with E-state index in [9.17, 15) is 0 Å². The highest BCUT2D eigenvalue weighted by molar-refractivity contribution is 4.80. The summed E-state index contributed by atoms with van der Waals surface area (Å²) < 4.78 is 11.9. The Kier molecular flexibility index (Phi) is 6.07. The summed E-state index contributed by atoms with van der Waals surface area (Å²) in [4.78, 5) is 2.51. The molecule has 3 atom stereocenters. The molecule has 0 saturated carbocycles. The van der Waals surface area contributed by atoms with E-state index < -0.39 is 0 Å². The molecule has 1 N–H and O–H groups in total. The first-order valence-electron chi connectivity index (χ1n) is 7.90. The standard InChI is InChI=1S/C15H30N2O2/c1-4-13-10-17(7-8-18-13)11-15-6-5-14(19-15)9-16-12(2)3/h12-16H,4-11H2,1-3H3. The Morgan fingerprint density at radius 1 is 1.21 bits per heavy atom. The number of rotatable bonds is 6. The van der Waals surface area contributed by atoms with Crippen LogP contribution in [0.25, 0.3) is 0 Å². The summed E-state index contributed by atoms with van der Waals surface area (Å²) in [5, 5.41) is 3.47. The molecule has 0 aromatic carbocycles. The summed E-state index contributed by atoms with van der Waals surface area (Å²) in [6.45, 7) is 11.7. The minimum Gasteiger partial charge on any atom is -0.376 e. The molecule has 0 bridgehead atoms. The Morgan fingerprint density at radius 3 is 2.74 bits per heavy atom. The van der Waals surface area contributed by atoms with Crippen molar-refractivity contribution in [1.29, 1.82) is 0 Å². The van der Waals surface area contributed by atoms with Gasteiger partial charge in [-0.15, -0.1) is 0 Å². The molecule has 4 heteroatoms. The van der Waals surface area contributed by atoms with Gasteiger partial charge in [0.2, 0.25) is 0 Å². The smallest absolute Gasteiger partial charge is 0.0707 e. The molecule has 2 aliphatic rings. The molecule has 0 spiro atoms. The zero-order valence-electron chi connectivity index (χ0n) is 12.7. The zero-order valence-corrected chi connectivity index (χ0v) is 12.7. The van der Waals surface area contributed by atoms with Gasteiger partial charge in [0.05, 0.1) is 24.9 Å².